The standard InChI is InChI=1S/C18H27N3O4/c1-4-25-17(24)11-19-18-15(22)9-14(10-16(18)23)21-7-5-20(6-8-21)12-13(2)3/h9-11,13,22-23H,4-8,12H2,1-3H3. The van der Waals surface area contributed by atoms with E-state index < -0.39 is 5.97 Å². The van der Waals surface area contributed by atoms with Crippen LogP contribution in [0.2, 0.25) is 0 Å². The Morgan fingerprint density at radius 3 is 2.36 bits per heavy atom. The number of hydrogen-bond acceptors (Lipinski definition) is 7. The van der Waals surface area contributed by atoms with E-state index >= 15 is 0 Å². The summed E-state index contributed by atoms with van der Waals surface area (Å²) < 4.78 is 4.74. The fraction of sp³-hybridized carbons (Fsp3) is 0.556. The van der Waals surface area contributed by atoms with E-state index in [1.54, 1.807) is 19.1 Å². The molecule has 1 fully saturated rings. The summed E-state index contributed by atoms with van der Waals surface area (Å²) >= 11 is 0. The van der Waals surface area contributed by atoms with Gasteiger partial charge in [0.05, 0.1) is 6.61 Å². The molecule has 0 saturated carbocycles. The van der Waals surface area contributed by atoms with Crippen molar-refractivity contribution in [3.8, 4) is 11.5 Å². The van der Waals surface area contributed by atoms with Gasteiger partial charge in [0.15, 0.2) is 0 Å². The summed E-state index contributed by atoms with van der Waals surface area (Å²) in [7, 11) is 0. The molecule has 7 nitrogen and oxygen atoms in total. The van der Waals surface area contributed by atoms with Crippen molar-refractivity contribution in [2.75, 3.05) is 44.2 Å². The first-order valence-electron chi connectivity index (χ1n) is 8.64. The SMILES string of the molecule is CCOC(=O)C=Nc1c(O)cc(N2CCN(CC(C)C)CC2)cc1O. The summed E-state index contributed by atoms with van der Waals surface area (Å²) in [6.07, 6.45) is 0.947. The number of anilines is 1. The topological polar surface area (TPSA) is 85.6 Å². The van der Waals surface area contributed by atoms with Gasteiger partial charge in [-0.3, -0.25) is 4.90 Å². The number of piperazine rings is 1. The minimum Gasteiger partial charge on any atom is -0.505 e. The van der Waals surface area contributed by atoms with Gasteiger partial charge in [0.2, 0.25) is 0 Å². The number of rotatable bonds is 6. The van der Waals surface area contributed by atoms with E-state index in [1.807, 2.05) is 0 Å². The number of carbonyl (C=O) groups is 1. The summed E-state index contributed by atoms with van der Waals surface area (Å²) in [5, 5.41) is 20.3. The Labute approximate surface area is 148 Å². The van der Waals surface area contributed by atoms with Gasteiger partial charge in [-0.1, -0.05) is 13.8 Å². The van der Waals surface area contributed by atoms with Crippen molar-refractivity contribution in [1.82, 2.24) is 4.90 Å². The van der Waals surface area contributed by atoms with Crippen molar-refractivity contribution in [1.29, 1.82) is 0 Å². The Morgan fingerprint density at radius 1 is 1.24 bits per heavy atom. The van der Waals surface area contributed by atoms with Crippen molar-refractivity contribution < 1.29 is 19.7 Å². The van der Waals surface area contributed by atoms with Gasteiger partial charge in [-0.05, 0) is 12.8 Å². The average molecular weight is 349 g/mol. The number of esters is 1. The normalized spacial score (nSPS) is 15.9. The van der Waals surface area contributed by atoms with Gasteiger partial charge in [-0.25, -0.2) is 9.79 Å². The third-order valence-electron chi connectivity index (χ3n) is 4.00. The zero-order valence-corrected chi connectivity index (χ0v) is 15.1. The van der Waals surface area contributed by atoms with Crippen LogP contribution in [0.3, 0.4) is 0 Å². The smallest absolute Gasteiger partial charge is 0.349 e. The Morgan fingerprint density at radius 2 is 1.84 bits per heavy atom. The Bertz CT molecular complexity index is 600. The van der Waals surface area contributed by atoms with Crippen LogP contribution in [0.1, 0.15) is 20.8 Å². The molecule has 0 spiro atoms. The van der Waals surface area contributed by atoms with E-state index in [2.05, 4.69) is 28.6 Å². The third-order valence-corrected chi connectivity index (χ3v) is 4.00. The highest BCUT2D eigenvalue weighted by Crippen LogP contribution is 2.40. The van der Waals surface area contributed by atoms with E-state index in [0.29, 0.717) is 5.92 Å². The van der Waals surface area contributed by atoms with Gasteiger partial charge in [0, 0.05) is 50.5 Å². The van der Waals surface area contributed by atoms with Crippen molar-refractivity contribution >= 4 is 23.6 Å². The molecule has 7 heteroatoms. The largest absolute Gasteiger partial charge is 0.505 e. The van der Waals surface area contributed by atoms with Crippen LogP contribution in [0.15, 0.2) is 17.1 Å². The monoisotopic (exact) mass is 349 g/mol. The Balaban J connectivity index is 2.06. The van der Waals surface area contributed by atoms with Gasteiger partial charge >= 0.3 is 5.97 Å². The molecule has 0 amide bonds. The van der Waals surface area contributed by atoms with Gasteiger partial charge < -0.3 is 19.8 Å². The zero-order valence-electron chi connectivity index (χ0n) is 15.1. The molecule has 1 aliphatic rings. The molecule has 0 aromatic heterocycles. The number of aromatic hydroxyl groups is 2. The third kappa shape index (κ3) is 5.35. The highest BCUT2D eigenvalue weighted by molar-refractivity contribution is 6.23. The molecular weight excluding hydrogens is 322 g/mol. The molecule has 1 aromatic carbocycles. The number of phenols is 2. The first-order chi connectivity index (χ1) is 11.9. The van der Waals surface area contributed by atoms with E-state index in [1.165, 1.54) is 0 Å². The summed E-state index contributed by atoms with van der Waals surface area (Å²) in [5.74, 6) is -0.317. The van der Waals surface area contributed by atoms with Crippen LogP contribution < -0.4 is 4.90 Å². The maximum atomic E-state index is 11.3. The van der Waals surface area contributed by atoms with Crippen molar-refractivity contribution in [2.24, 2.45) is 10.9 Å². The molecule has 0 unspecified atom stereocenters. The van der Waals surface area contributed by atoms with Gasteiger partial charge in [-0.15, -0.1) is 0 Å². The maximum Gasteiger partial charge on any atom is 0.349 e. The molecule has 1 heterocycles. The molecule has 2 N–H and O–H groups in total. The second kappa shape index (κ2) is 8.71. The summed E-state index contributed by atoms with van der Waals surface area (Å²) in [4.78, 5) is 19.7. The van der Waals surface area contributed by atoms with Gasteiger partial charge in [-0.2, -0.15) is 0 Å². The maximum absolute atomic E-state index is 11.3. The second-order valence-electron chi connectivity index (χ2n) is 6.52. The van der Waals surface area contributed by atoms with Crippen molar-refractivity contribution in [3.05, 3.63) is 12.1 Å². The first-order valence-corrected chi connectivity index (χ1v) is 8.64. The highest BCUT2D eigenvalue weighted by atomic mass is 16.5. The second-order valence-corrected chi connectivity index (χ2v) is 6.52. The van der Waals surface area contributed by atoms with Crippen LogP contribution in [0, 0.1) is 5.92 Å². The van der Waals surface area contributed by atoms with Crippen molar-refractivity contribution in [2.45, 2.75) is 20.8 Å². The van der Waals surface area contributed by atoms with Gasteiger partial charge in [0.25, 0.3) is 0 Å². The van der Waals surface area contributed by atoms with Crippen molar-refractivity contribution in [3.63, 3.8) is 0 Å². The first kappa shape index (κ1) is 19.1. The van der Waals surface area contributed by atoms with Crippen LogP contribution in [0.5, 0.6) is 11.5 Å². The lowest BCUT2D eigenvalue weighted by molar-refractivity contribution is -0.134. The lowest BCUT2D eigenvalue weighted by atomic mass is 10.1. The highest BCUT2D eigenvalue weighted by Gasteiger charge is 2.20. The Kier molecular flexibility index (Phi) is 6.64. The fourth-order valence-corrected chi connectivity index (χ4v) is 2.91. The van der Waals surface area contributed by atoms with E-state index in [4.69, 9.17) is 4.74 Å². The molecule has 0 aliphatic carbocycles. The molecular formula is C18H27N3O4. The number of hydrogen-bond donors (Lipinski definition) is 2. The minimum atomic E-state index is -0.619. The fourth-order valence-electron chi connectivity index (χ4n) is 2.91. The number of ether oxygens (including phenoxy) is 1. The van der Waals surface area contributed by atoms with E-state index in [0.717, 1.165) is 44.6 Å². The molecule has 0 radical (unpaired) electrons. The van der Waals surface area contributed by atoms with Crippen LogP contribution in [-0.2, 0) is 9.53 Å². The van der Waals surface area contributed by atoms with E-state index in [-0.39, 0.29) is 23.8 Å². The molecule has 138 valence electrons. The molecule has 1 saturated heterocycles. The lowest BCUT2D eigenvalue weighted by Gasteiger charge is -2.37. The molecule has 0 atom stereocenters. The molecule has 1 aromatic rings. The molecule has 2 rings (SSSR count). The van der Waals surface area contributed by atoms with Gasteiger partial charge in [0.1, 0.15) is 23.4 Å². The quantitative estimate of drug-likeness (QED) is 0.604. The zero-order chi connectivity index (χ0) is 18.4. The Hall–Kier alpha value is -2.28. The van der Waals surface area contributed by atoms with Crippen LogP contribution in [0.25, 0.3) is 0 Å². The summed E-state index contributed by atoms with van der Waals surface area (Å²) in [5.41, 5.74) is 0.713. The summed E-state index contributed by atoms with van der Waals surface area (Å²) in [6.45, 7) is 11.0. The predicted octanol–water partition coefficient (Wildman–Crippen LogP) is 2.14. The molecule has 1 aliphatic heterocycles. The number of nitrogens with zero attached hydrogens (tertiary/aromatic N) is 3. The predicted molar refractivity (Wildman–Crippen MR) is 98.0 cm³/mol. The number of carbonyl (C=O) groups excluding carboxylic acids is 1. The average Bonchev–Trinajstić information content (AvgIpc) is 2.54. The lowest BCUT2D eigenvalue weighted by Crippen LogP contribution is -2.47. The number of phenolic OH excluding ortho intramolecular Hbond substituents is 2. The minimum absolute atomic E-state index is 0.0322. The van der Waals surface area contributed by atoms with Crippen LogP contribution in [-0.4, -0.2) is 66.6 Å². The summed E-state index contributed by atoms with van der Waals surface area (Å²) in [6, 6.07) is 3.13. The number of aliphatic imine (C=N–C) groups is 1. The van der Waals surface area contributed by atoms with Crippen LogP contribution in [0.4, 0.5) is 11.4 Å². The molecule has 0 bridgehead atoms. The van der Waals surface area contributed by atoms with E-state index in [9.17, 15) is 15.0 Å². The molecule has 25 heavy (non-hydrogen) atoms. The number of benzene rings is 1. The van der Waals surface area contributed by atoms with Crippen LogP contribution >= 0.6 is 0 Å².